The van der Waals surface area contributed by atoms with Crippen molar-refractivity contribution in [1.29, 1.82) is 0 Å². The minimum Gasteiger partial charge on any atom is -0.543 e. The lowest BCUT2D eigenvalue weighted by Gasteiger charge is -2.37. The van der Waals surface area contributed by atoms with Crippen LogP contribution in [-0.2, 0) is 30.3 Å². The van der Waals surface area contributed by atoms with E-state index in [1.54, 1.807) is 18.1 Å². The Morgan fingerprint density at radius 2 is 1.67 bits per heavy atom. The molecule has 0 aliphatic carbocycles. The van der Waals surface area contributed by atoms with Crippen molar-refractivity contribution >= 4 is 32.1 Å². The van der Waals surface area contributed by atoms with Crippen molar-refractivity contribution in [2.24, 2.45) is 5.92 Å². The maximum absolute atomic E-state index is 14.4. The summed E-state index contributed by atoms with van der Waals surface area (Å²) in [6, 6.07) is 11.4. The number of fused-ring (bicyclic) bond motifs is 2. The van der Waals surface area contributed by atoms with Gasteiger partial charge in [0.2, 0.25) is 0 Å². The lowest BCUT2D eigenvalue weighted by Crippen LogP contribution is -2.44. The molecule has 0 radical (unpaired) electrons. The van der Waals surface area contributed by atoms with Crippen molar-refractivity contribution in [2.45, 2.75) is 143 Å². The topological polar surface area (TPSA) is 102 Å². The van der Waals surface area contributed by atoms with Crippen molar-refractivity contribution < 1.29 is 42.4 Å². The van der Waals surface area contributed by atoms with Gasteiger partial charge in [0.25, 0.3) is 8.32 Å². The first kappa shape index (κ1) is 43.1. The summed E-state index contributed by atoms with van der Waals surface area (Å²) >= 11 is 0. The number of carbonyl (C=O) groups excluding carboxylic acids is 2. The number of anilines is 1. The van der Waals surface area contributed by atoms with Crippen LogP contribution in [0.1, 0.15) is 104 Å². The normalized spacial score (nSPS) is 23.4. The summed E-state index contributed by atoms with van der Waals surface area (Å²) in [5, 5.41) is -0.174. The molecule has 1 saturated heterocycles. The van der Waals surface area contributed by atoms with Crippen molar-refractivity contribution in [1.82, 2.24) is 0 Å². The fourth-order valence-corrected chi connectivity index (χ4v) is 6.99. The molecule has 2 heterocycles. The largest absolute Gasteiger partial charge is 0.543 e. The zero-order valence-electron chi connectivity index (χ0n) is 34.9. The summed E-state index contributed by atoms with van der Waals surface area (Å²) in [6.45, 7) is 26.5. The number of nitrogens with zero attached hydrogens (tertiary/aromatic N) is 1. The molecule has 2 aromatic rings. The van der Waals surface area contributed by atoms with E-state index in [0.29, 0.717) is 42.1 Å². The zero-order valence-corrected chi connectivity index (χ0v) is 35.9. The van der Waals surface area contributed by atoms with Crippen LogP contribution in [0.3, 0.4) is 0 Å². The molecular weight excluding hydrogens is 703 g/mol. The van der Waals surface area contributed by atoms with Crippen LogP contribution in [-0.4, -0.2) is 69.8 Å². The molecule has 0 bridgehead atoms. The molecule has 10 nitrogen and oxygen atoms in total. The highest BCUT2D eigenvalue weighted by Gasteiger charge is 2.45. The van der Waals surface area contributed by atoms with Gasteiger partial charge in [0, 0.05) is 18.5 Å². The van der Waals surface area contributed by atoms with Crippen LogP contribution in [0.2, 0.25) is 18.1 Å². The Kier molecular flexibility index (Phi) is 13.6. The van der Waals surface area contributed by atoms with Gasteiger partial charge in [-0.15, -0.1) is 0 Å². The Hall–Kier alpha value is -3.64. The Morgan fingerprint density at radius 3 is 2.26 bits per heavy atom. The number of carbonyl (C=O) groups is 2. The number of esters is 1. The first-order valence-corrected chi connectivity index (χ1v) is 22.0. The van der Waals surface area contributed by atoms with Gasteiger partial charge in [0.15, 0.2) is 5.79 Å². The van der Waals surface area contributed by atoms with E-state index in [9.17, 15) is 9.59 Å². The van der Waals surface area contributed by atoms with Gasteiger partial charge in [0.1, 0.15) is 41.0 Å². The molecule has 0 spiro atoms. The highest BCUT2D eigenvalue weighted by molar-refractivity contribution is 6.74. The molecular formula is C43H63NO9Si. The number of methoxy groups -OCH3 is 1. The Labute approximate surface area is 324 Å². The standard InChI is InChI=1S/C43H63NO9Si/c1-15-44(40(46)52-41(4,5)6)32-25-31-17-16-18-35-38(51-43(10,11)50-35)34(48-27-30-20-22-33(47-12)23-21-30)24-19-28(2)29(3)49-39(45)37(31)36(26-32)53-54(13,14)42(7,8)9/h16-17,19-26,28-29,34-35,38H,15,18,27H2,1-14H3/t28-,29+,34-,35+,38-/m1/s1. The van der Waals surface area contributed by atoms with E-state index >= 15 is 0 Å². The van der Waals surface area contributed by atoms with E-state index in [2.05, 4.69) is 33.9 Å². The van der Waals surface area contributed by atoms with Gasteiger partial charge in [-0.05, 0) is 102 Å². The molecule has 1 fully saturated rings. The Bertz CT molecular complexity index is 1670. The monoisotopic (exact) mass is 765 g/mol. The third kappa shape index (κ3) is 11.0. The molecule has 5 atom stereocenters. The molecule has 2 aromatic carbocycles. The smallest absolute Gasteiger partial charge is 0.414 e. The van der Waals surface area contributed by atoms with Crippen molar-refractivity contribution in [2.75, 3.05) is 18.6 Å². The van der Waals surface area contributed by atoms with Gasteiger partial charge >= 0.3 is 12.1 Å². The average Bonchev–Trinajstić information content (AvgIpc) is 3.36. The molecule has 11 heteroatoms. The third-order valence-electron chi connectivity index (χ3n) is 10.2. The fourth-order valence-electron chi connectivity index (χ4n) is 5.97. The second-order valence-corrected chi connectivity index (χ2v) is 22.0. The van der Waals surface area contributed by atoms with Gasteiger partial charge in [-0.1, -0.05) is 64.1 Å². The quantitative estimate of drug-likeness (QED) is 0.148. The second-order valence-electron chi connectivity index (χ2n) is 17.2. The summed E-state index contributed by atoms with van der Waals surface area (Å²) < 4.78 is 43.8. The van der Waals surface area contributed by atoms with Crippen molar-refractivity contribution in [3.8, 4) is 11.5 Å². The molecule has 0 unspecified atom stereocenters. The molecule has 4 rings (SSSR count). The summed E-state index contributed by atoms with van der Waals surface area (Å²) in [5.41, 5.74) is 1.70. The minimum absolute atomic E-state index is 0.174. The van der Waals surface area contributed by atoms with Crippen LogP contribution in [0.25, 0.3) is 6.08 Å². The summed E-state index contributed by atoms with van der Waals surface area (Å²) in [7, 11) is -0.855. The van der Waals surface area contributed by atoms with Crippen molar-refractivity contribution in [3.63, 3.8) is 0 Å². The third-order valence-corrected chi connectivity index (χ3v) is 14.5. The molecule has 1 amide bonds. The van der Waals surface area contributed by atoms with E-state index in [1.807, 2.05) is 110 Å². The van der Waals surface area contributed by atoms with Gasteiger partial charge < -0.3 is 32.8 Å². The fraction of sp³-hybridized carbons (Fsp3) is 0.581. The van der Waals surface area contributed by atoms with Crippen LogP contribution in [0.4, 0.5) is 10.5 Å². The Balaban J connectivity index is 1.83. The van der Waals surface area contributed by atoms with E-state index in [1.165, 1.54) is 0 Å². The minimum atomic E-state index is -2.50. The van der Waals surface area contributed by atoms with Crippen molar-refractivity contribution in [3.05, 3.63) is 71.3 Å². The van der Waals surface area contributed by atoms with E-state index in [4.69, 9.17) is 32.8 Å². The Morgan fingerprint density at radius 1 is 1.00 bits per heavy atom. The molecule has 0 aromatic heterocycles. The highest BCUT2D eigenvalue weighted by Crippen LogP contribution is 2.41. The number of cyclic esters (lactones) is 1. The van der Waals surface area contributed by atoms with Gasteiger partial charge in [-0.25, -0.2) is 9.59 Å². The van der Waals surface area contributed by atoms with E-state index in [-0.39, 0.29) is 17.1 Å². The first-order chi connectivity index (χ1) is 25.0. The lowest BCUT2D eigenvalue weighted by molar-refractivity contribution is -0.156. The first-order valence-electron chi connectivity index (χ1n) is 19.1. The number of ether oxygens (including phenoxy) is 6. The number of hydrogen-bond donors (Lipinski definition) is 0. The van der Waals surface area contributed by atoms with E-state index in [0.717, 1.165) is 11.3 Å². The predicted molar refractivity (Wildman–Crippen MR) is 216 cm³/mol. The number of rotatable bonds is 8. The van der Waals surface area contributed by atoms with E-state index < -0.39 is 50.1 Å². The molecule has 2 aliphatic rings. The SMILES string of the molecule is CCN(C(=O)OC(C)(C)C)c1cc2c(c(O[Si](C)(C)C(C)(C)C)c1)C(=O)O[C@@H](C)[C@H](C)C=C[C@@H](OCc1ccc(OC)cc1)[C@H]1OC(C)(C)O[C@H]1CC=C2. The molecule has 298 valence electrons. The van der Waals surface area contributed by atoms with Gasteiger partial charge in [-0.2, -0.15) is 0 Å². The van der Waals surface area contributed by atoms with Crippen LogP contribution in [0.15, 0.2) is 54.6 Å². The zero-order chi connectivity index (χ0) is 40.2. The highest BCUT2D eigenvalue weighted by atomic mass is 28.4. The summed E-state index contributed by atoms with van der Waals surface area (Å²) in [6.07, 6.45) is 6.07. The van der Waals surface area contributed by atoms with Gasteiger partial charge in [0.05, 0.1) is 25.5 Å². The molecule has 54 heavy (non-hydrogen) atoms. The summed E-state index contributed by atoms with van der Waals surface area (Å²) in [5.74, 6) is -0.389. The van der Waals surface area contributed by atoms with Crippen LogP contribution in [0.5, 0.6) is 11.5 Å². The maximum atomic E-state index is 14.4. The second kappa shape index (κ2) is 17.0. The predicted octanol–water partition coefficient (Wildman–Crippen LogP) is 10.1. The van der Waals surface area contributed by atoms with Crippen LogP contribution >= 0.6 is 0 Å². The number of hydrogen-bond acceptors (Lipinski definition) is 9. The number of benzene rings is 2. The molecule has 2 aliphatic heterocycles. The van der Waals surface area contributed by atoms with Crippen LogP contribution < -0.4 is 14.1 Å². The number of amides is 1. The van der Waals surface area contributed by atoms with Gasteiger partial charge in [-0.3, -0.25) is 4.90 Å². The summed E-state index contributed by atoms with van der Waals surface area (Å²) in [4.78, 5) is 29.5. The lowest BCUT2D eigenvalue weighted by atomic mass is 9.98. The molecule has 0 saturated carbocycles. The maximum Gasteiger partial charge on any atom is 0.414 e. The van der Waals surface area contributed by atoms with Crippen LogP contribution in [0, 0.1) is 5.92 Å². The average molecular weight is 766 g/mol. The molecule has 0 N–H and O–H groups in total.